The van der Waals surface area contributed by atoms with Crippen molar-refractivity contribution >= 4 is 25.8 Å². The van der Waals surface area contributed by atoms with E-state index in [1.54, 1.807) is 6.92 Å². The normalized spacial score (nSPS) is 14.2. The highest BCUT2D eigenvalue weighted by Gasteiger charge is 2.06. The van der Waals surface area contributed by atoms with Crippen LogP contribution in [0.15, 0.2) is 0 Å². The average Bonchev–Trinajstić information content (AvgIpc) is 2.13. The molecule has 0 amide bonds. The summed E-state index contributed by atoms with van der Waals surface area (Å²) < 4.78 is 22.3. The molecule has 0 aliphatic rings. The van der Waals surface area contributed by atoms with Gasteiger partial charge in [0.25, 0.3) is 0 Å². The molecular formula is C9H20BrNO2S. The van der Waals surface area contributed by atoms with Crippen LogP contribution in [0.5, 0.6) is 0 Å². The van der Waals surface area contributed by atoms with Crippen LogP contribution in [0.2, 0.25) is 0 Å². The number of nitrogens with one attached hydrogen (secondary N) is 1. The molecule has 3 nitrogen and oxygen atoms in total. The van der Waals surface area contributed by atoms with Gasteiger partial charge >= 0.3 is 0 Å². The highest BCUT2D eigenvalue weighted by atomic mass is 79.9. The first-order valence-electron chi connectivity index (χ1n) is 5.01. The predicted octanol–water partition coefficient (Wildman–Crippen LogP) is 1.57. The summed E-state index contributed by atoms with van der Waals surface area (Å²) in [5, 5.41) is 4.27. The van der Waals surface area contributed by atoms with Gasteiger partial charge in [-0.25, -0.2) is 8.42 Å². The first-order chi connectivity index (χ1) is 6.52. The summed E-state index contributed by atoms with van der Waals surface area (Å²) in [6.07, 6.45) is 1.78. The molecule has 0 radical (unpaired) electrons. The highest BCUT2D eigenvalue weighted by Crippen LogP contribution is 1.96. The number of halogens is 1. The molecule has 1 atom stereocenters. The lowest BCUT2D eigenvalue weighted by atomic mass is 10.2. The van der Waals surface area contributed by atoms with Gasteiger partial charge < -0.3 is 5.32 Å². The predicted molar refractivity (Wildman–Crippen MR) is 64.8 cm³/mol. The standard InChI is InChI=1S/C9H20BrNO2S/c1-3-14(12,13)8-4-7-11-9(2)5-6-10/h9,11H,3-8H2,1-2H3. The van der Waals surface area contributed by atoms with Gasteiger partial charge in [-0.05, 0) is 26.3 Å². The van der Waals surface area contributed by atoms with Gasteiger partial charge in [0.2, 0.25) is 0 Å². The average molecular weight is 286 g/mol. The van der Waals surface area contributed by atoms with E-state index in [1.165, 1.54) is 0 Å². The van der Waals surface area contributed by atoms with Gasteiger partial charge in [-0.1, -0.05) is 22.9 Å². The second-order valence-electron chi connectivity index (χ2n) is 3.42. The van der Waals surface area contributed by atoms with Crippen LogP contribution in [-0.2, 0) is 9.84 Å². The molecule has 0 saturated heterocycles. The number of hydrogen-bond acceptors (Lipinski definition) is 3. The maximum Gasteiger partial charge on any atom is 0.150 e. The van der Waals surface area contributed by atoms with Crippen molar-refractivity contribution in [1.82, 2.24) is 5.32 Å². The molecule has 0 rings (SSSR count). The third-order valence-corrected chi connectivity index (χ3v) is 4.36. The molecule has 5 heteroatoms. The summed E-state index contributed by atoms with van der Waals surface area (Å²) in [5.74, 6) is 0.557. The van der Waals surface area contributed by atoms with Crippen LogP contribution in [-0.4, -0.2) is 37.8 Å². The van der Waals surface area contributed by atoms with Crippen LogP contribution < -0.4 is 5.32 Å². The van der Waals surface area contributed by atoms with Crippen molar-refractivity contribution in [2.45, 2.75) is 32.7 Å². The topological polar surface area (TPSA) is 46.2 Å². The van der Waals surface area contributed by atoms with Crippen LogP contribution in [0.1, 0.15) is 26.7 Å². The third kappa shape index (κ3) is 7.76. The molecular weight excluding hydrogens is 266 g/mol. The summed E-state index contributed by atoms with van der Waals surface area (Å²) in [6, 6.07) is 0.457. The van der Waals surface area contributed by atoms with Crippen molar-refractivity contribution in [2.24, 2.45) is 0 Å². The molecule has 1 unspecified atom stereocenters. The smallest absolute Gasteiger partial charge is 0.150 e. The zero-order valence-corrected chi connectivity index (χ0v) is 11.3. The van der Waals surface area contributed by atoms with Crippen LogP contribution in [0.3, 0.4) is 0 Å². The summed E-state index contributed by atoms with van der Waals surface area (Å²) in [4.78, 5) is 0. The van der Waals surface area contributed by atoms with Gasteiger partial charge in [-0.2, -0.15) is 0 Å². The fourth-order valence-electron chi connectivity index (χ4n) is 1.05. The largest absolute Gasteiger partial charge is 0.314 e. The lowest BCUT2D eigenvalue weighted by Crippen LogP contribution is -2.28. The maximum atomic E-state index is 11.1. The maximum absolute atomic E-state index is 11.1. The Kier molecular flexibility index (Phi) is 7.86. The Labute approximate surface area is 95.7 Å². The minimum atomic E-state index is -2.78. The molecule has 0 aliphatic heterocycles. The molecule has 0 aromatic heterocycles. The van der Waals surface area contributed by atoms with E-state index in [9.17, 15) is 8.42 Å². The number of sulfone groups is 1. The van der Waals surface area contributed by atoms with Gasteiger partial charge in [0.1, 0.15) is 9.84 Å². The molecule has 0 aromatic rings. The Morgan fingerprint density at radius 2 is 2.07 bits per heavy atom. The summed E-state index contributed by atoms with van der Waals surface area (Å²) >= 11 is 3.37. The highest BCUT2D eigenvalue weighted by molar-refractivity contribution is 9.09. The second kappa shape index (κ2) is 7.65. The minimum absolute atomic E-state index is 0.254. The first-order valence-corrected chi connectivity index (χ1v) is 7.96. The van der Waals surface area contributed by atoms with E-state index >= 15 is 0 Å². The van der Waals surface area contributed by atoms with E-state index in [0.717, 1.165) is 18.3 Å². The summed E-state index contributed by atoms with van der Waals surface area (Å²) in [5.41, 5.74) is 0. The fraction of sp³-hybridized carbons (Fsp3) is 1.00. The van der Waals surface area contributed by atoms with E-state index in [2.05, 4.69) is 28.2 Å². The molecule has 0 aliphatic carbocycles. The molecule has 1 N–H and O–H groups in total. The first kappa shape index (κ1) is 14.4. The number of alkyl halides is 1. The molecule has 0 saturated carbocycles. The Balaban J connectivity index is 3.47. The van der Waals surface area contributed by atoms with Crippen LogP contribution in [0.4, 0.5) is 0 Å². The zero-order chi connectivity index (χ0) is 11.0. The Morgan fingerprint density at radius 1 is 1.43 bits per heavy atom. The number of hydrogen-bond donors (Lipinski definition) is 1. The van der Waals surface area contributed by atoms with Gasteiger partial charge in [0, 0.05) is 17.1 Å². The molecule has 0 heterocycles. The molecule has 0 aromatic carbocycles. The zero-order valence-electron chi connectivity index (χ0n) is 8.92. The SMILES string of the molecule is CCS(=O)(=O)CCCNC(C)CCBr. The van der Waals surface area contributed by atoms with E-state index in [0.29, 0.717) is 18.2 Å². The summed E-state index contributed by atoms with van der Waals surface area (Å²) in [7, 11) is -2.78. The van der Waals surface area contributed by atoms with Crippen molar-refractivity contribution in [1.29, 1.82) is 0 Å². The monoisotopic (exact) mass is 285 g/mol. The van der Waals surface area contributed by atoms with Gasteiger partial charge in [-0.3, -0.25) is 0 Å². The van der Waals surface area contributed by atoms with Gasteiger partial charge in [0.15, 0.2) is 0 Å². The van der Waals surface area contributed by atoms with Crippen LogP contribution in [0.25, 0.3) is 0 Å². The van der Waals surface area contributed by atoms with Crippen molar-refractivity contribution < 1.29 is 8.42 Å². The van der Waals surface area contributed by atoms with Crippen molar-refractivity contribution in [3.8, 4) is 0 Å². The molecule has 0 bridgehead atoms. The van der Waals surface area contributed by atoms with Crippen molar-refractivity contribution in [3.05, 3.63) is 0 Å². The molecule has 86 valence electrons. The second-order valence-corrected chi connectivity index (χ2v) is 6.69. The molecule has 0 fully saturated rings. The molecule has 14 heavy (non-hydrogen) atoms. The van der Waals surface area contributed by atoms with Gasteiger partial charge in [-0.15, -0.1) is 0 Å². The van der Waals surface area contributed by atoms with Crippen LogP contribution >= 0.6 is 15.9 Å². The fourth-order valence-corrected chi connectivity index (χ4v) is 2.61. The third-order valence-electron chi connectivity index (χ3n) is 2.11. The van der Waals surface area contributed by atoms with Crippen molar-refractivity contribution in [3.63, 3.8) is 0 Å². The lowest BCUT2D eigenvalue weighted by molar-refractivity contribution is 0.533. The van der Waals surface area contributed by atoms with E-state index < -0.39 is 9.84 Å². The van der Waals surface area contributed by atoms with Crippen molar-refractivity contribution in [2.75, 3.05) is 23.4 Å². The van der Waals surface area contributed by atoms with E-state index in [-0.39, 0.29) is 5.75 Å². The number of rotatable bonds is 8. The lowest BCUT2D eigenvalue weighted by Gasteiger charge is -2.11. The van der Waals surface area contributed by atoms with E-state index in [1.807, 2.05) is 0 Å². The van der Waals surface area contributed by atoms with Gasteiger partial charge in [0.05, 0.1) is 5.75 Å². The molecule has 0 spiro atoms. The Morgan fingerprint density at radius 3 is 2.57 bits per heavy atom. The Hall–Kier alpha value is 0.390. The van der Waals surface area contributed by atoms with Crippen LogP contribution in [0, 0.1) is 0 Å². The quantitative estimate of drug-likeness (QED) is 0.544. The Bertz CT molecular complexity index is 229. The minimum Gasteiger partial charge on any atom is -0.314 e. The van der Waals surface area contributed by atoms with E-state index in [4.69, 9.17) is 0 Å². The summed E-state index contributed by atoms with van der Waals surface area (Å²) in [6.45, 7) is 4.58.